The first-order valence-corrected chi connectivity index (χ1v) is 17.6. The highest BCUT2D eigenvalue weighted by Gasteiger charge is 2.44. The maximum absolute atomic E-state index is 14.5. The van der Waals surface area contributed by atoms with E-state index in [1.54, 1.807) is 38.1 Å². The molecule has 3 aromatic rings. The minimum Gasteiger partial charge on any atom is -0.457 e. The first-order chi connectivity index (χ1) is 23.8. The minimum atomic E-state index is -1.41. The Bertz CT molecular complexity index is 1600. The maximum Gasteiger partial charge on any atom is 0.408 e. The predicted molar refractivity (Wildman–Crippen MR) is 190 cm³/mol. The number of esters is 1. The second kappa shape index (κ2) is 17.8. The lowest BCUT2D eigenvalue weighted by Crippen LogP contribution is -2.58. The van der Waals surface area contributed by atoms with Crippen LogP contribution in [0.5, 0.6) is 0 Å². The molecule has 0 aliphatic carbocycles. The van der Waals surface area contributed by atoms with Crippen molar-refractivity contribution in [2.45, 2.75) is 76.9 Å². The van der Waals surface area contributed by atoms with Crippen LogP contribution >= 0.6 is 11.8 Å². The third kappa shape index (κ3) is 11.2. The molecule has 1 aliphatic rings. The minimum absolute atomic E-state index is 0.00528. The SMILES string of the molecule is CC(C)OC(=O)C(=O)[C@H](Cc1ccccc1)C(=O)N[C@H]1CS[C@H](c2ccccc2)N1C(=O)[C@H](COC(C)(C)C)NC(=O)OCc1ccccc1. The number of nitrogens with one attached hydrogen (secondary N) is 2. The molecule has 1 fully saturated rings. The Labute approximate surface area is 297 Å². The van der Waals surface area contributed by atoms with Crippen molar-refractivity contribution in [2.75, 3.05) is 12.4 Å². The largest absolute Gasteiger partial charge is 0.457 e. The van der Waals surface area contributed by atoms with E-state index in [2.05, 4.69) is 10.6 Å². The fourth-order valence-electron chi connectivity index (χ4n) is 5.19. The van der Waals surface area contributed by atoms with E-state index >= 15 is 0 Å². The Morgan fingerprint density at radius 1 is 0.860 bits per heavy atom. The molecule has 0 bridgehead atoms. The van der Waals surface area contributed by atoms with Gasteiger partial charge < -0.3 is 29.7 Å². The molecule has 4 rings (SSSR count). The molecule has 4 atom stereocenters. The zero-order valence-corrected chi connectivity index (χ0v) is 29.8. The van der Waals surface area contributed by atoms with Crippen LogP contribution in [-0.2, 0) is 46.4 Å². The van der Waals surface area contributed by atoms with Gasteiger partial charge in [0.25, 0.3) is 11.7 Å². The molecule has 3 aromatic carbocycles. The number of carbonyl (C=O) groups excluding carboxylic acids is 5. The molecule has 0 aromatic heterocycles. The molecule has 1 aliphatic heterocycles. The Kier molecular flexibility index (Phi) is 13.6. The van der Waals surface area contributed by atoms with E-state index in [0.29, 0.717) is 5.56 Å². The molecule has 50 heavy (non-hydrogen) atoms. The number of ketones is 1. The first kappa shape index (κ1) is 38.1. The molecule has 3 amide bonds. The molecule has 12 heteroatoms. The summed E-state index contributed by atoms with van der Waals surface area (Å²) in [5.41, 5.74) is 1.60. The summed E-state index contributed by atoms with van der Waals surface area (Å²) >= 11 is 1.42. The number of alkyl carbamates (subject to hydrolysis) is 1. The van der Waals surface area contributed by atoms with Crippen LogP contribution in [0.3, 0.4) is 0 Å². The number of hydrogen-bond acceptors (Lipinski definition) is 9. The van der Waals surface area contributed by atoms with Crippen molar-refractivity contribution in [1.29, 1.82) is 0 Å². The predicted octanol–water partition coefficient (Wildman–Crippen LogP) is 5.19. The number of thioether (sulfide) groups is 1. The van der Waals surface area contributed by atoms with E-state index in [1.165, 1.54) is 16.7 Å². The molecule has 2 N–H and O–H groups in total. The van der Waals surface area contributed by atoms with E-state index in [-0.39, 0.29) is 25.4 Å². The van der Waals surface area contributed by atoms with E-state index in [4.69, 9.17) is 14.2 Å². The normalized spacial score (nSPS) is 17.0. The zero-order valence-electron chi connectivity index (χ0n) is 29.0. The summed E-state index contributed by atoms with van der Waals surface area (Å²) in [6.07, 6.45) is -2.33. The van der Waals surface area contributed by atoms with Crippen molar-refractivity contribution in [3.8, 4) is 0 Å². The van der Waals surface area contributed by atoms with E-state index in [1.807, 2.05) is 87.5 Å². The standard InChI is InChI=1S/C38H45N3O8S/c1-25(2)49-36(45)32(42)29(21-26-15-9-6-10-16-26)33(43)40-31-24-50-35(28-19-13-8-14-20-28)41(31)34(44)30(23-48-38(3,4)5)39-37(46)47-22-27-17-11-7-12-18-27/h6-20,25,29-31,35H,21-24H2,1-5H3,(H,39,46)(H,40,43)/t29-,30-,31+,35+/m0/s1. The van der Waals surface area contributed by atoms with Crippen molar-refractivity contribution in [3.63, 3.8) is 0 Å². The second-order valence-electron chi connectivity index (χ2n) is 13.1. The lowest BCUT2D eigenvalue weighted by atomic mass is 9.94. The Morgan fingerprint density at radius 2 is 1.44 bits per heavy atom. The molecule has 0 unspecified atom stereocenters. The van der Waals surface area contributed by atoms with Gasteiger partial charge in [-0.1, -0.05) is 91.0 Å². The van der Waals surface area contributed by atoms with Gasteiger partial charge in [-0.25, -0.2) is 9.59 Å². The second-order valence-corrected chi connectivity index (χ2v) is 14.2. The number of carbonyl (C=O) groups is 5. The molecular weight excluding hydrogens is 658 g/mol. The van der Waals surface area contributed by atoms with Gasteiger partial charge in [0.15, 0.2) is 0 Å². The lowest BCUT2D eigenvalue weighted by Gasteiger charge is -2.34. The summed E-state index contributed by atoms with van der Waals surface area (Å²) in [6, 6.07) is 26.1. The highest BCUT2D eigenvalue weighted by atomic mass is 32.2. The summed E-state index contributed by atoms with van der Waals surface area (Å²) in [7, 11) is 0. The number of nitrogens with zero attached hydrogens (tertiary/aromatic N) is 1. The Hall–Kier alpha value is -4.68. The average molecular weight is 704 g/mol. The third-order valence-electron chi connectivity index (χ3n) is 7.59. The number of hydrogen-bond donors (Lipinski definition) is 2. The van der Waals surface area contributed by atoms with Crippen LogP contribution in [0.25, 0.3) is 0 Å². The molecule has 11 nitrogen and oxygen atoms in total. The average Bonchev–Trinajstić information content (AvgIpc) is 3.51. The van der Waals surface area contributed by atoms with Crippen molar-refractivity contribution < 1.29 is 38.2 Å². The number of benzene rings is 3. The van der Waals surface area contributed by atoms with Crippen molar-refractivity contribution in [3.05, 3.63) is 108 Å². The summed E-state index contributed by atoms with van der Waals surface area (Å²) in [6.45, 7) is 8.54. The van der Waals surface area contributed by atoms with Crippen LogP contribution in [0.4, 0.5) is 4.79 Å². The first-order valence-electron chi connectivity index (χ1n) is 16.5. The van der Waals surface area contributed by atoms with Gasteiger partial charge in [0.1, 0.15) is 30.1 Å². The summed E-state index contributed by atoms with van der Waals surface area (Å²) in [5, 5.41) is 5.00. The highest BCUT2D eigenvalue weighted by molar-refractivity contribution is 7.99. The smallest absolute Gasteiger partial charge is 0.408 e. The molecule has 0 radical (unpaired) electrons. The summed E-state index contributed by atoms with van der Waals surface area (Å²) < 4.78 is 16.6. The van der Waals surface area contributed by atoms with Gasteiger partial charge in [-0.3, -0.25) is 14.4 Å². The Balaban J connectivity index is 1.62. The monoisotopic (exact) mass is 703 g/mol. The Morgan fingerprint density at radius 3 is 2.02 bits per heavy atom. The number of ether oxygens (including phenoxy) is 3. The van der Waals surface area contributed by atoms with E-state index < -0.39 is 64.9 Å². The number of rotatable bonds is 14. The van der Waals surface area contributed by atoms with Crippen molar-refractivity contribution in [2.24, 2.45) is 5.92 Å². The van der Waals surface area contributed by atoms with Crippen LogP contribution in [-0.4, -0.2) is 70.8 Å². The fourth-order valence-corrected chi connectivity index (χ4v) is 6.56. The van der Waals surface area contributed by atoms with E-state index in [0.717, 1.165) is 11.1 Å². The van der Waals surface area contributed by atoms with Crippen molar-refractivity contribution >= 4 is 41.4 Å². The van der Waals surface area contributed by atoms with Gasteiger partial charge in [0, 0.05) is 5.75 Å². The van der Waals surface area contributed by atoms with Gasteiger partial charge in [0.05, 0.1) is 18.3 Å². The molecule has 0 spiro atoms. The van der Waals surface area contributed by atoms with Crippen LogP contribution in [0.15, 0.2) is 91.0 Å². The summed E-state index contributed by atoms with van der Waals surface area (Å²) in [5.74, 6) is -4.49. The molecule has 0 saturated carbocycles. The summed E-state index contributed by atoms with van der Waals surface area (Å²) in [4.78, 5) is 69.2. The molecule has 266 valence electrons. The topological polar surface area (TPSA) is 140 Å². The van der Waals surface area contributed by atoms with Crippen LogP contribution in [0.2, 0.25) is 0 Å². The highest BCUT2D eigenvalue weighted by Crippen LogP contribution is 2.41. The van der Waals surface area contributed by atoms with Crippen LogP contribution < -0.4 is 10.6 Å². The number of amides is 3. The van der Waals surface area contributed by atoms with Crippen LogP contribution in [0, 0.1) is 5.92 Å². The van der Waals surface area contributed by atoms with Gasteiger partial charge >= 0.3 is 12.1 Å². The van der Waals surface area contributed by atoms with Gasteiger partial charge in [0.2, 0.25) is 5.91 Å². The quantitative estimate of drug-likeness (QED) is 0.132. The number of Topliss-reactive ketones (excluding diaryl/α,β-unsaturated/α-hetero) is 1. The van der Waals surface area contributed by atoms with Crippen LogP contribution in [0.1, 0.15) is 56.7 Å². The molecular formula is C38H45N3O8S. The molecule has 1 saturated heterocycles. The van der Waals surface area contributed by atoms with Gasteiger partial charge in [-0.2, -0.15) is 0 Å². The lowest BCUT2D eigenvalue weighted by molar-refractivity contribution is -0.160. The van der Waals surface area contributed by atoms with Gasteiger partial charge in [-0.15, -0.1) is 11.8 Å². The maximum atomic E-state index is 14.5. The third-order valence-corrected chi connectivity index (χ3v) is 8.92. The van der Waals surface area contributed by atoms with E-state index in [9.17, 15) is 24.0 Å². The molecule has 1 heterocycles. The fraction of sp³-hybridized carbons (Fsp3) is 0.395. The van der Waals surface area contributed by atoms with Gasteiger partial charge in [-0.05, 0) is 57.7 Å². The zero-order chi connectivity index (χ0) is 36.3. The van der Waals surface area contributed by atoms with Crippen molar-refractivity contribution in [1.82, 2.24) is 15.5 Å².